The molecule has 0 aliphatic heterocycles. The van der Waals surface area contributed by atoms with E-state index in [9.17, 15) is 0 Å². The van der Waals surface area contributed by atoms with Crippen LogP contribution in [0.4, 0.5) is 0 Å². The molecule has 1 N–H and O–H groups in total. The zero-order valence-electron chi connectivity index (χ0n) is 13.6. The molecule has 0 atom stereocenters. The van der Waals surface area contributed by atoms with Gasteiger partial charge >= 0.3 is 0 Å². The quantitative estimate of drug-likeness (QED) is 0.895. The highest BCUT2D eigenvalue weighted by atomic mass is 16.5. The van der Waals surface area contributed by atoms with E-state index in [1.54, 1.807) is 6.26 Å². The highest BCUT2D eigenvalue weighted by molar-refractivity contribution is 5.41. The van der Waals surface area contributed by atoms with E-state index in [1.807, 2.05) is 13.1 Å². The van der Waals surface area contributed by atoms with Gasteiger partial charge in [0.05, 0.1) is 6.26 Å². The molecule has 0 aliphatic rings. The summed E-state index contributed by atoms with van der Waals surface area (Å²) in [7, 11) is 1.93. The second-order valence-corrected chi connectivity index (χ2v) is 6.44. The predicted octanol–water partition coefficient (Wildman–Crippen LogP) is 4.18. The molecular formula is C18H25NO2. The third-order valence-electron chi connectivity index (χ3n) is 3.51. The number of aryl methyl sites for hydroxylation is 1. The first-order valence-electron chi connectivity index (χ1n) is 7.35. The standard InChI is InChI=1S/C18H25NO2/c1-13-6-7-15(18(2,3)4)16(10-13)21-12-17-14(11-19-5)8-9-20-17/h6-10,19H,11-12H2,1-5H3. The molecule has 1 aromatic heterocycles. The molecule has 0 amide bonds. The first-order valence-corrected chi connectivity index (χ1v) is 7.35. The normalized spacial score (nSPS) is 11.7. The lowest BCUT2D eigenvalue weighted by atomic mass is 9.86. The van der Waals surface area contributed by atoms with Gasteiger partial charge in [0.15, 0.2) is 0 Å². The number of nitrogens with one attached hydrogen (secondary N) is 1. The summed E-state index contributed by atoms with van der Waals surface area (Å²) in [6, 6.07) is 8.37. The topological polar surface area (TPSA) is 34.4 Å². The first kappa shape index (κ1) is 15.6. The van der Waals surface area contributed by atoms with Crippen LogP contribution in [0.3, 0.4) is 0 Å². The van der Waals surface area contributed by atoms with Crippen LogP contribution in [0.25, 0.3) is 0 Å². The lowest BCUT2D eigenvalue weighted by molar-refractivity contribution is 0.262. The third kappa shape index (κ3) is 3.88. The van der Waals surface area contributed by atoms with Crippen LogP contribution in [0.5, 0.6) is 5.75 Å². The minimum atomic E-state index is 0.0556. The van der Waals surface area contributed by atoms with Gasteiger partial charge in [-0.25, -0.2) is 0 Å². The third-order valence-corrected chi connectivity index (χ3v) is 3.51. The highest BCUT2D eigenvalue weighted by Crippen LogP contribution is 2.32. The van der Waals surface area contributed by atoms with Gasteiger partial charge in [-0.15, -0.1) is 0 Å². The number of hydrogen-bond acceptors (Lipinski definition) is 3. The van der Waals surface area contributed by atoms with E-state index in [0.29, 0.717) is 6.61 Å². The molecule has 0 bridgehead atoms. The first-order chi connectivity index (χ1) is 9.91. The van der Waals surface area contributed by atoms with E-state index >= 15 is 0 Å². The molecule has 3 nitrogen and oxygen atoms in total. The van der Waals surface area contributed by atoms with E-state index < -0.39 is 0 Å². The Morgan fingerprint density at radius 2 is 1.95 bits per heavy atom. The number of ether oxygens (including phenoxy) is 1. The molecule has 0 radical (unpaired) electrons. The van der Waals surface area contributed by atoms with Crippen molar-refractivity contribution >= 4 is 0 Å². The molecule has 0 unspecified atom stereocenters. The van der Waals surface area contributed by atoms with Crippen molar-refractivity contribution < 1.29 is 9.15 Å². The molecule has 0 spiro atoms. The summed E-state index contributed by atoms with van der Waals surface area (Å²) in [5.41, 5.74) is 3.62. The average Bonchev–Trinajstić information content (AvgIpc) is 2.83. The Hall–Kier alpha value is -1.74. The van der Waals surface area contributed by atoms with Crippen molar-refractivity contribution in [3.63, 3.8) is 0 Å². The van der Waals surface area contributed by atoms with E-state index in [0.717, 1.165) is 23.6 Å². The van der Waals surface area contributed by atoms with Crippen LogP contribution in [-0.2, 0) is 18.6 Å². The summed E-state index contributed by atoms with van der Waals surface area (Å²) < 4.78 is 11.6. The maximum Gasteiger partial charge on any atom is 0.146 e. The molecule has 0 saturated heterocycles. The Bertz CT molecular complexity index is 594. The maximum atomic E-state index is 6.05. The van der Waals surface area contributed by atoms with Gasteiger partial charge in [-0.2, -0.15) is 0 Å². The molecule has 1 aromatic carbocycles. The Kier molecular flexibility index (Phi) is 4.73. The van der Waals surface area contributed by atoms with Crippen molar-refractivity contribution in [1.82, 2.24) is 5.32 Å². The smallest absolute Gasteiger partial charge is 0.146 e. The van der Waals surface area contributed by atoms with Crippen LogP contribution in [0, 0.1) is 6.92 Å². The summed E-state index contributed by atoms with van der Waals surface area (Å²) in [6.07, 6.45) is 1.71. The van der Waals surface area contributed by atoms with Crippen molar-refractivity contribution in [1.29, 1.82) is 0 Å². The molecule has 21 heavy (non-hydrogen) atoms. The van der Waals surface area contributed by atoms with Crippen molar-refractivity contribution in [2.75, 3.05) is 7.05 Å². The molecular weight excluding hydrogens is 262 g/mol. The van der Waals surface area contributed by atoms with Crippen LogP contribution in [0.15, 0.2) is 34.9 Å². The van der Waals surface area contributed by atoms with E-state index in [4.69, 9.17) is 9.15 Å². The number of benzene rings is 1. The lowest BCUT2D eigenvalue weighted by Crippen LogP contribution is -2.14. The summed E-state index contributed by atoms with van der Waals surface area (Å²) in [4.78, 5) is 0. The predicted molar refractivity (Wildman–Crippen MR) is 85.7 cm³/mol. The van der Waals surface area contributed by atoms with Crippen LogP contribution in [0.1, 0.15) is 43.2 Å². The number of furan rings is 1. The molecule has 0 aliphatic carbocycles. The molecule has 3 heteroatoms. The number of hydrogen-bond donors (Lipinski definition) is 1. The van der Waals surface area contributed by atoms with Crippen molar-refractivity contribution in [3.8, 4) is 5.75 Å². The van der Waals surface area contributed by atoms with Gasteiger partial charge in [0.2, 0.25) is 0 Å². The summed E-state index contributed by atoms with van der Waals surface area (Å²) in [5, 5.41) is 3.14. The maximum absolute atomic E-state index is 6.05. The van der Waals surface area contributed by atoms with Crippen LogP contribution in [0.2, 0.25) is 0 Å². The second kappa shape index (κ2) is 6.35. The zero-order chi connectivity index (χ0) is 15.5. The van der Waals surface area contributed by atoms with Gasteiger partial charge in [-0.3, -0.25) is 0 Å². The second-order valence-electron chi connectivity index (χ2n) is 6.44. The van der Waals surface area contributed by atoms with Crippen LogP contribution < -0.4 is 10.1 Å². The average molecular weight is 287 g/mol. The van der Waals surface area contributed by atoms with Crippen LogP contribution >= 0.6 is 0 Å². The largest absolute Gasteiger partial charge is 0.485 e. The minimum Gasteiger partial charge on any atom is -0.485 e. The van der Waals surface area contributed by atoms with E-state index in [1.165, 1.54) is 11.1 Å². The van der Waals surface area contributed by atoms with Crippen molar-refractivity contribution in [2.24, 2.45) is 0 Å². The fraction of sp³-hybridized carbons (Fsp3) is 0.444. The Labute approximate surface area is 127 Å². The highest BCUT2D eigenvalue weighted by Gasteiger charge is 2.19. The van der Waals surface area contributed by atoms with Gasteiger partial charge < -0.3 is 14.5 Å². The molecule has 114 valence electrons. The Morgan fingerprint density at radius 1 is 1.19 bits per heavy atom. The van der Waals surface area contributed by atoms with Gasteiger partial charge in [0, 0.05) is 12.1 Å². The fourth-order valence-corrected chi connectivity index (χ4v) is 2.35. The molecule has 0 fully saturated rings. The molecule has 2 aromatic rings. The van der Waals surface area contributed by atoms with E-state index in [2.05, 4.69) is 51.2 Å². The lowest BCUT2D eigenvalue weighted by Gasteiger charge is -2.23. The van der Waals surface area contributed by atoms with Gasteiger partial charge in [-0.1, -0.05) is 32.9 Å². The minimum absolute atomic E-state index is 0.0556. The van der Waals surface area contributed by atoms with Gasteiger partial charge in [0.1, 0.15) is 18.1 Å². The fourth-order valence-electron chi connectivity index (χ4n) is 2.35. The SMILES string of the molecule is CNCc1ccoc1COc1cc(C)ccc1C(C)(C)C. The summed E-state index contributed by atoms with van der Waals surface area (Å²) in [6.45, 7) is 9.92. The molecule has 2 rings (SSSR count). The van der Waals surface area contributed by atoms with Gasteiger partial charge in [-0.05, 0) is 42.6 Å². The van der Waals surface area contributed by atoms with Crippen LogP contribution in [-0.4, -0.2) is 7.05 Å². The van der Waals surface area contributed by atoms with Gasteiger partial charge in [0.25, 0.3) is 0 Å². The van der Waals surface area contributed by atoms with Crippen molar-refractivity contribution in [3.05, 3.63) is 53.0 Å². The molecule has 0 saturated carbocycles. The zero-order valence-corrected chi connectivity index (χ0v) is 13.6. The summed E-state index contributed by atoms with van der Waals surface area (Å²) >= 11 is 0. The monoisotopic (exact) mass is 287 g/mol. The number of rotatable bonds is 5. The molecule has 1 heterocycles. The van der Waals surface area contributed by atoms with Crippen molar-refractivity contribution in [2.45, 2.75) is 46.3 Å². The van der Waals surface area contributed by atoms with E-state index in [-0.39, 0.29) is 5.41 Å². The Morgan fingerprint density at radius 3 is 2.62 bits per heavy atom. The summed E-state index contributed by atoms with van der Waals surface area (Å²) in [5.74, 6) is 1.82. The Balaban J connectivity index is 2.19.